The van der Waals surface area contributed by atoms with E-state index in [0.29, 0.717) is 6.04 Å². The molecule has 2 atom stereocenters. The normalized spacial score (nSPS) is 22.1. The first-order valence-electron chi connectivity index (χ1n) is 6.35. The lowest BCUT2D eigenvalue weighted by atomic mass is 9.82. The fourth-order valence-corrected chi connectivity index (χ4v) is 2.79. The van der Waals surface area contributed by atoms with E-state index in [4.69, 9.17) is 0 Å². The van der Waals surface area contributed by atoms with Gasteiger partial charge in [0.05, 0.1) is 0 Å². The Labute approximate surface area is 107 Å². The fourth-order valence-electron chi connectivity index (χ4n) is 2.79. The van der Waals surface area contributed by atoms with Crippen LogP contribution in [0.3, 0.4) is 0 Å². The molecule has 0 saturated carbocycles. The molecule has 2 aromatic rings. The highest BCUT2D eigenvalue weighted by atomic mass is 19.1. The van der Waals surface area contributed by atoms with Gasteiger partial charge in [0, 0.05) is 17.6 Å². The van der Waals surface area contributed by atoms with Crippen molar-refractivity contribution >= 4 is 5.69 Å². The number of hydrogen-bond acceptors (Lipinski definition) is 1. The first-order valence-corrected chi connectivity index (χ1v) is 6.35. The second-order valence-electron chi connectivity index (χ2n) is 4.94. The molecule has 0 amide bonds. The van der Waals surface area contributed by atoms with Gasteiger partial charge in [0.25, 0.3) is 0 Å². The lowest BCUT2D eigenvalue weighted by Crippen LogP contribution is -2.26. The maximum absolute atomic E-state index is 14.0. The SMILES string of the molecule is CC1CC(c2ccccc2F)c2ccccc2N1. The maximum Gasteiger partial charge on any atom is 0.127 e. The van der Waals surface area contributed by atoms with E-state index in [1.165, 1.54) is 5.56 Å². The number of anilines is 1. The third-order valence-electron chi connectivity index (χ3n) is 3.61. The van der Waals surface area contributed by atoms with E-state index in [1.807, 2.05) is 24.3 Å². The van der Waals surface area contributed by atoms with E-state index in [-0.39, 0.29) is 11.7 Å². The lowest BCUT2D eigenvalue weighted by Gasteiger charge is -2.31. The molecule has 0 bridgehead atoms. The zero-order valence-electron chi connectivity index (χ0n) is 10.4. The van der Waals surface area contributed by atoms with E-state index in [2.05, 4.69) is 24.4 Å². The summed E-state index contributed by atoms with van der Waals surface area (Å²) in [5.41, 5.74) is 3.13. The quantitative estimate of drug-likeness (QED) is 0.790. The molecule has 18 heavy (non-hydrogen) atoms. The number of fused-ring (bicyclic) bond motifs is 1. The van der Waals surface area contributed by atoms with Crippen LogP contribution in [0.2, 0.25) is 0 Å². The summed E-state index contributed by atoms with van der Waals surface area (Å²) < 4.78 is 14.0. The predicted molar refractivity (Wildman–Crippen MR) is 72.4 cm³/mol. The van der Waals surface area contributed by atoms with Gasteiger partial charge in [0.15, 0.2) is 0 Å². The Bertz CT molecular complexity index is 565. The highest BCUT2D eigenvalue weighted by molar-refractivity contribution is 5.58. The Balaban J connectivity index is 2.11. The minimum atomic E-state index is -0.105. The van der Waals surface area contributed by atoms with Crippen LogP contribution >= 0.6 is 0 Å². The Hall–Kier alpha value is -1.83. The third kappa shape index (κ3) is 1.88. The van der Waals surface area contributed by atoms with Gasteiger partial charge in [0.1, 0.15) is 5.82 Å². The first-order chi connectivity index (χ1) is 8.75. The van der Waals surface area contributed by atoms with Crippen LogP contribution in [-0.2, 0) is 0 Å². The van der Waals surface area contributed by atoms with Gasteiger partial charge >= 0.3 is 0 Å². The van der Waals surface area contributed by atoms with Crippen molar-refractivity contribution in [2.75, 3.05) is 5.32 Å². The maximum atomic E-state index is 14.0. The summed E-state index contributed by atoms with van der Waals surface area (Å²) in [6, 6.07) is 15.7. The average Bonchev–Trinajstić information content (AvgIpc) is 2.38. The summed E-state index contributed by atoms with van der Waals surface area (Å²) in [4.78, 5) is 0. The van der Waals surface area contributed by atoms with Crippen LogP contribution in [0.1, 0.15) is 30.4 Å². The summed E-state index contributed by atoms with van der Waals surface area (Å²) in [6.07, 6.45) is 0.929. The zero-order chi connectivity index (χ0) is 12.5. The molecule has 3 rings (SSSR count). The van der Waals surface area contributed by atoms with Crippen molar-refractivity contribution in [2.45, 2.75) is 25.3 Å². The topological polar surface area (TPSA) is 12.0 Å². The number of hydrogen-bond donors (Lipinski definition) is 1. The largest absolute Gasteiger partial charge is 0.382 e. The summed E-state index contributed by atoms with van der Waals surface area (Å²) in [6.45, 7) is 2.14. The summed E-state index contributed by atoms with van der Waals surface area (Å²) >= 11 is 0. The standard InChI is InChI=1S/C16H16FN/c1-11-10-14(12-6-2-4-8-15(12)17)13-7-3-5-9-16(13)18-11/h2-9,11,14,18H,10H2,1H3. The fraction of sp³-hybridized carbons (Fsp3) is 0.250. The van der Waals surface area contributed by atoms with Gasteiger partial charge < -0.3 is 5.32 Å². The van der Waals surface area contributed by atoms with Crippen molar-refractivity contribution in [1.82, 2.24) is 0 Å². The number of rotatable bonds is 1. The first kappa shape index (κ1) is 11.3. The zero-order valence-corrected chi connectivity index (χ0v) is 10.4. The molecule has 1 N–H and O–H groups in total. The average molecular weight is 241 g/mol. The molecule has 92 valence electrons. The molecule has 1 aliphatic rings. The molecule has 0 saturated heterocycles. The van der Waals surface area contributed by atoms with Crippen molar-refractivity contribution in [3.63, 3.8) is 0 Å². The monoisotopic (exact) mass is 241 g/mol. The Kier molecular flexibility index (Phi) is 2.78. The van der Waals surface area contributed by atoms with Crippen molar-refractivity contribution in [1.29, 1.82) is 0 Å². The van der Waals surface area contributed by atoms with Crippen LogP contribution in [0, 0.1) is 5.82 Å². The van der Waals surface area contributed by atoms with Gasteiger partial charge in [0.2, 0.25) is 0 Å². The molecule has 0 spiro atoms. The predicted octanol–water partition coefficient (Wildman–Crippen LogP) is 4.16. The van der Waals surface area contributed by atoms with E-state index in [9.17, 15) is 4.39 Å². The number of para-hydroxylation sites is 1. The number of halogens is 1. The number of benzene rings is 2. The van der Waals surface area contributed by atoms with Crippen LogP contribution in [0.5, 0.6) is 0 Å². The smallest absolute Gasteiger partial charge is 0.127 e. The van der Waals surface area contributed by atoms with E-state index >= 15 is 0 Å². The molecule has 1 aliphatic heterocycles. The second kappa shape index (κ2) is 4.45. The van der Waals surface area contributed by atoms with E-state index < -0.39 is 0 Å². The molecule has 0 fully saturated rings. The van der Waals surface area contributed by atoms with Crippen LogP contribution in [-0.4, -0.2) is 6.04 Å². The number of nitrogens with one attached hydrogen (secondary N) is 1. The highest BCUT2D eigenvalue weighted by Gasteiger charge is 2.26. The molecule has 2 heteroatoms. The van der Waals surface area contributed by atoms with Crippen molar-refractivity contribution < 1.29 is 4.39 Å². The van der Waals surface area contributed by atoms with Gasteiger partial charge in [-0.2, -0.15) is 0 Å². The van der Waals surface area contributed by atoms with E-state index in [0.717, 1.165) is 17.7 Å². The summed E-state index contributed by atoms with van der Waals surface area (Å²) in [5.74, 6) is 0.0463. The van der Waals surface area contributed by atoms with Crippen LogP contribution in [0.4, 0.5) is 10.1 Å². The van der Waals surface area contributed by atoms with Crippen LogP contribution in [0.25, 0.3) is 0 Å². The Morgan fingerprint density at radius 3 is 2.44 bits per heavy atom. The Morgan fingerprint density at radius 2 is 1.67 bits per heavy atom. The third-order valence-corrected chi connectivity index (χ3v) is 3.61. The minimum Gasteiger partial charge on any atom is -0.382 e. The molecule has 1 nitrogen and oxygen atoms in total. The molecule has 2 unspecified atom stereocenters. The van der Waals surface area contributed by atoms with Gasteiger partial charge in [-0.1, -0.05) is 36.4 Å². The van der Waals surface area contributed by atoms with Gasteiger partial charge in [-0.3, -0.25) is 0 Å². The van der Waals surface area contributed by atoms with Crippen molar-refractivity contribution in [3.8, 4) is 0 Å². The Morgan fingerprint density at radius 1 is 1.00 bits per heavy atom. The van der Waals surface area contributed by atoms with Gasteiger partial charge in [-0.15, -0.1) is 0 Å². The van der Waals surface area contributed by atoms with Crippen molar-refractivity contribution in [2.24, 2.45) is 0 Å². The van der Waals surface area contributed by atoms with Gasteiger partial charge in [-0.25, -0.2) is 4.39 Å². The molecular formula is C16H16FN. The minimum absolute atomic E-state index is 0.105. The van der Waals surface area contributed by atoms with Crippen molar-refractivity contribution in [3.05, 3.63) is 65.5 Å². The molecule has 0 aromatic heterocycles. The molecule has 0 radical (unpaired) electrons. The summed E-state index contributed by atoms with van der Waals surface area (Å²) in [5, 5.41) is 3.46. The molecule has 2 aromatic carbocycles. The lowest BCUT2D eigenvalue weighted by molar-refractivity contribution is 0.559. The molecule has 1 heterocycles. The molecule has 0 aliphatic carbocycles. The van der Waals surface area contributed by atoms with Crippen LogP contribution in [0.15, 0.2) is 48.5 Å². The highest BCUT2D eigenvalue weighted by Crippen LogP contribution is 2.39. The second-order valence-corrected chi connectivity index (χ2v) is 4.94. The summed E-state index contributed by atoms with van der Waals surface area (Å²) in [7, 11) is 0. The van der Waals surface area contributed by atoms with Crippen LogP contribution < -0.4 is 5.32 Å². The molecular weight excluding hydrogens is 225 g/mol. The van der Waals surface area contributed by atoms with E-state index in [1.54, 1.807) is 12.1 Å². The van der Waals surface area contributed by atoms with Gasteiger partial charge in [-0.05, 0) is 36.6 Å².